The largest absolute Gasteiger partial charge is 0.330 e. The Hall–Kier alpha value is -0.910. The lowest BCUT2D eigenvalue weighted by molar-refractivity contribution is 0.303. The number of hydrogen-bond donors (Lipinski definition) is 2. The minimum atomic E-state index is -3.11. The van der Waals surface area contributed by atoms with Gasteiger partial charge in [0.1, 0.15) is 0 Å². The molecule has 0 saturated heterocycles. The van der Waals surface area contributed by atoms with Crippen LogP contribution in [0.3, 0.4) is 0 Å². The molecule has 0 heterocycles. The van der Waals surface area contributed by atoms with Gasteiger partial charge in [-0.3, -0.25) is 0 Å². The Morgan fingerprint density at radius 2 is 1.84 bits per heavy atom. The highest BCUT2D eigenvalue weighted by atomic mass is 32.2. The Kier molecular flexibility index (Phi) is 5.52. The van der Waals surface area contributed by atoms with Crippen LogP contribution in [0.4, 0.5) is 0 Å². The third-order valence-electron chi connectivity index (χ3n) is 3.58. The van der Waals surface area contributed by atoms with Crippen LogP contribution in [0.1, 0.15) is 25.8 Å². The zero-order chi connectivity index (χ0) is 14.5. The maximum absolute atomic E-state index is 11.3. The minimum absolute atomic E-state index is 0.118. The van der Waals surface area contributed by atoms with Crippen molar-refractivity contribution < 1.29 is 8.42 Å². The van der Waals surface area contributed by atoms with Crippen LogP contribution in [-0.4, -0.2) is 27.8 Å². The zero-order valence-electron chi connectivity index (χ0n) is 11.9. The molecule has 0 fully saturated rings. The second kappa shape index (κ2) is 6.50. The summed E-state index contributed by atoms with van der Waals surface area (Å²) in [7, 11) is -3.11. The van der Waals surface area contributed by atoms with Gasteiger partial charge in [-0.05, 0) is 36.1 Å². The van der Waals surface area contributed by atoms with Crippen LogP contribution in [0.5, 0.6) is 0 Å². The summed E-state index contributed by atoms with van der Waals surface area (Å²) in [5.74, 6) is 0. The highest BCUT2D eigenvalue weighted by molar-refractivity contribution is 7.90. The van der Waals surface area contributed by atoms with Crippen LogP contribution in [0.15, 0.2) is 29.2 Å². The Bertz CT molecular complexity index is 491. The molecule has 1 atom stereocenters. The molecule has 0 bridgehead atoms. The summed E-state index contributed by atoms with van der Waals surface area (Å²) in [5.41, 5.74) is 6.95. The molecule has 0 aliphatic rings. The Labute approximate surface area is 116 Å². The van der Waals surface area contributed by atoms with Crippen LogP contribution in [0.25, 0.3) is 0 Å². The molecule has 1 rings (SSSR count). The molecule has 5 heteroatoms. The van der Waals surface area contributed by atoms with Gasteiger partial charge < -0.3 is 11.1 Å². The SMILES string of the molecule is CCC(C)(CN)CNCc1ccc(S(C)(=O)=O)cc1. The van der Waals surface area contributed by atoms with E-state index in [2.05, 4.69) is 19.2 Å². The van der Waals surface area contributed by atoms with Crippen LogP contribution in [-0.2, 0) is 16.4 Å². The molecule has 3 N–H and O–H groups in total. The van der Waals surface area contributed by atoms with E-state index in [4.69, 9.17) is 5.73 Å². The van der Waals surface area contributed by atoms with E-state index in [9.17, 15) is 8.42 Å². The van der Waals surface area contributed by atoms with Crippen molar-refractivity contribution in [1.82, 2.24) is 5.32 Å². The van der Waals surface area contributed by atoms with Crippen molar-refractivity contribution in [2.24, 2.45) is 11.1 Å². The number of rotatable bonds is 7. The number of hydrogen-bond acceptors (Lipinski definition) is 4. The first-order valence-corrected chi connectivity index (χ1v) is 8.40. The standard InChI is InChI=1S/C14H24N2O2S/c1-4-14(2,10-15)11-16-9-12-5-7-13(8-6-12)19(3,17)18/h5-8,16H,4,9-11,15H2,1-3H3. The van der Waals surface area contributed by atoms with Gasteiger partial charge in [-0.1, -0.05) is 26.0 Å². The number of nitrogens with two attached hydrogens (primary N) is 1. The average Bonchev–Trinajstić information content (AvgIpc) is 2.38. The minimum Gasteiger partial charge on any atom is -0.330 e. The predicted molar refractivity (Wildman–Crippen MR) is 78.7 cm³/mol. The van der Waals surface area contributed by atoms with Crippen molar-refractivity contribution in [3.8, 4) is 0 Å². The second-order valence-corrected chi connectivity index (χ2v) is 7.40. The summed E-state index contributed by atoms with van der Waals surface area (Å²) in [5, 5.41) is 3.37. The van der Waals surface area contributed by atoms with E-state index in [0.29, 0.717) is 11.4 Å². The van der Waals surface area contributed by atoms with Crippen LogP contribution >= 0.6 is 0 Å². The third kappa shape index (κ3) is 4.93. The van der Waals surface area contributed by atoms with Crippen LogP contribution in [0.2, 0.25) is 0 Å². The van der Waals surface area contributed by atoms with E-state index in [1.807, 2.05) is 12.1 Å². The average molecular weight is 284 g/mol. The van der Waals surface area contributed by atoms with Gasteiger partial charge in [-0.15, -0.1) is 0 Å². The molecule has 0 spiro atoms. The van der Waals surface area contributed by atoms with E-state index in [1.165, 1.54) is 6.26 Å². The van der Waals surface area contributed by atoms with Gasteiger partial charge in [0.2, 0.25) is 0 Å². The van der Waals surface area contributed by atoms with E-state index >= 15 is 0 Å². The summed E-state index contributed by atoms with van der Waals surface area (Å²) in [4.78, 5) is 0.358. The molecule has 1 unspecified atom stereocenters. The lowest BCUT2D eigenvalue weighted by atomic mass is 9.88. The summed E-state index contributed by atoms with van der Waals surface area (Å²) in [6, 6.07) is 6.98. The first-order chi connectivity index (χ1) is 8.80. The van der Waals surface area contributed by atoms with Crippen molar-refractivity contribution in [2.45, 2.75) is 31.7 Å². The lowest BCUT2D eigenvalue weighted by Gasteiger charge is -2.26. The van der Waals surface area contributed by atoms with E-state index < -0.39 is 9.84 Å². The third-order valence-corrected chi connectivity index (χ3v) is 4.71. The van der Waals surface area contributed by atoms with Crippen molar-refractivity contribution in [2.75, 3.05) is 19.3 Å². The predicted octanol–water partition coefficient (Wildman–Crippen LogP) is 1.55. The molecule has 0 saturated carbocycles. The van der Waals surface area contributed by atoms with Crippen molar-refractivity contribution in [3.63, 3.8) is 0 Å². The second-order valence-electron chi connectivity index (χ2n) is 5.39. The van der Waals surface area contributed by atoms with Gasteiger partial charge in [0, 0.05) is 19.3 Å². The first-order valence-electron chi connectivity index (χ1n) is 6.50. The molecule has 4 nitrogen and oxygen atoms in total. The highest BCUT2D eigenvalue weighted by Gasteiger charge is 2.19. The summed E-state index contributed by atoms with van der Waals surface area (Å²) in [6.45, 7) is 6.53. The van der Waals surface area contributed by atoms with Crippen molar-refractivity contribution in [1.29, 1.82) is 0 Å². The van der Waals surface area contributed by atoms with Gasteiger partial charge in [0.15, 0.2) is 9.84 Å². The normalized spacial score (nSPS) is 15.2. The van der Waals surface area contributed by atoms with Gasteiger partial charge in [-0.2, -0.15) is 0 Å². The van der Waals surface area contributed by atoms with E-state index in [-0.39, 0.29) is 5.41 Å². The molecule has 0 aliphatic heterocycles. The van der Waals surface area contributed by atoms with Gasteiger partial charge in [0.25, 0.3) is 0 Å². The Balaban J connectivity index is 2.56. The Morgan fingerprint density at radius 3 is 2.26 bits per heavy atom. The summed E-state index contributed by atoms with van der Waals surface area (Å²) < 4.78 is 22.7. The fourth-order valence-electron chi connectivity index (χ4n) is 1.70. The molecule has 0 radical (unpaired) electrons. The maximum Gasteiger partial charge on any atom is 0.175 e. The van der Waals surface area contributed by atoms with Crippen molar-refractivity contribution in [3.05, 3.63) is 29.8 Å². The molecule has 0 aromatic heterocycles. The zero-order valence-corrected chi connectivity index (χ0v) is 12.8. The molecule has 108 valence electrons. The molecule has 19 heavy (non-hydrogen) atoms. The molecular formula is C14H24N2O2S. The number of sulfone groups is 1. The lowest BCUT2D eigenvalue weighted by Crippen LogP contribution is -2.37. The summed E-state index contributed by atoms with van der Waals surface area (Å²) in [6.07, 6.45) is 2.25. The van der Waals surface area contributed by atoms with Gasteiger partial charge in [0.05, 0.1) is 4.90 Å². The van der Waals surface area contributed by atoms with Gasteiger partial charge >= 0.3 is 0 Å². The number of nitrogens with one attached hydrogen (secondary N) is 1. The monoisotopic (exact) mass is 284 g/mol. The highest BCUT2D eigenvalue weighted by Crippen LogP contribution is 2.17. The molecule has 1 aromatic rings. The quantitative estimate of drug-likeness (QED) is 0.797. The summed E-state index contributed by atoms with van der Waals surface area (Å²) >= 11 is 0. The van der Waals surface area contributed by atoms with E-state index in [0.717, 1.165) is 25.1 Å². The number of benzene rings is 1. The first kappa shape index (κ1) is 16.1. The van der Waals surface area contributed by atoms with E-state index in [1.54, 1.807) is 12.1 Å². The fraction of sp³-hybridized carbons (Fsp3) is 0.571. The van der Waals surface area contributed by atoms with Crippen LogP contribution < -0.4 is 11.1 Å². The fourth-order valence-corrected chi connectivity index (χ4v) is 2.34. The Morgan fingerprint density at radius 1 is 1.26 bits per heavy atom. The smallest absolute Gasteiger partial charge is 0.175 e. The maximum atomic E-state index is 11.3. The molecule has 0 aliphatic carbocycles. The molecule has 1 aromatic carbocycles. The molecular weight excluding hydrogens is 260 g/mol. The molecule has 0 amide bonds. The van der Waals surface area contributed by atoms with Crippen LogP contribution in [0, 0.1) is 5.41 Å². The van der Waals surface area contributed by atoms with Gasteiger partial charge in [-0.25, -0.2) is 8.42 Å². The topological polar surface area (TPSA) is 72.2 Å². The van der Waals surface area contributed by atoms with Crippen molar-refractivity contribution >= 4 is 9.84 Å².